The van der Waals surface area contributed by atoms with Gasteiger partial charge in [0.25, 0.3) is 0 Å². The fraction of sp³-hybridized carbons (Fsp3) is 0.394. The first-order valence-electron chi connectivity index (χ1n) is 15.3. The van der Waals surface area contributed by atoms with Crippen LogP contribution in [0.3, 0.4) is 0 Å². The molecule has 3 aliphatic rings. The van der Waals surface area contributed by atoms with Crippen LogP contribution in [0.15, 0.2) is 71.6 Å². The lowest BCUT2D eigenvalue weighted by molar-refractivity contribution is -0.0508. The van der Waals surface area contributed by atoms with Crippen LogP contribution in [0, 0.1) is 12.7 Å². The number of nitrogens with zero attached hydrogens (tertiary/aromatic N) is 5. The number of aromatic nitrogens is 1. The summed E-state index contributed by atoms with van der Waals surface area (Å²) in [5.74, 6) is 0.0682. The average Bonchev–Trinajstić information content (AvgIpc) is 3.02. The van der Waals surface area contributed by atoms with E-state index in [-0.39, 0.29) is 11.6 Å². The average molecular weight is 621 g/mol. The predicted molar refractivity (Wildman–Crippen MR) is 171 cm³/mol. The van der Waals surface area contributed by atoms with Crippen LogP contribution in [0.4, 0.5) is 24.5 Å². The van der Waals surface area contributed by atoms with Gasteiger partial charge in [-0.2, -0.15) is 8.78 Å². The van der Waals surface area contributed by atoms with Crippen LogP contribution in [0.25, 0.3) is 11.3 Å². The second-order valence-electron chi connectivity index (χ2n) is 11.9. The van der Waals surface area contributed by atoms with Crippen LogP contribution in [0.1, 0.15) is 24.0 Å². The largest absolute Gasteiger partial charge is 0.434 e. The molecule has 4 N–H and O–H groups in total. The molecule has 2 aromatic carbocycles. The minimum atomic E-state index is -3.04. The lowest BCUT2D eigenvalue weighted by Gasteiger charge is -2.43. The summed E-state index contributed by atoms with van der Waals surface area (Å²) in [4.78, 5) is 15.9. The second kappa shape index (κ2) is 13.1. The van der Waals surface area contributed by atoms with Crippen molar-refractivity contribution >= 4 is 17.7 Å². The van der Waals surface area contributed by atoms with Crippen molar-refractivity contribution in [1.82, 2.24) is 20.1 Å². The first-order chi connectivity index (χ1) is 21.7. The number of piperidine rings is 1. The Balaban J connectivity index is 1.23. The van der Waals surface area contributed by atoms with Crippen LogP contribution in [-0.2, 0) is 5.66 Å². The van der Waals surface area contributed by atoms with E-state index in [1.54, 1.807) is 54.7 Å². The van der Waals surface area contributed by atoms with Gasteiger partial charge in [0.2, 0.25) is 0 Å². The number of piperazine rings is 1. The van der Waals surface area contributed by atoms with Crippen molar-refractivity contribution in [3.05, 3.63) is 83.6 Å². The smallest absolute Gasteiger partial charge is 0.387 e. The van der Waals surface area contributed by atoms with Gasteiger partial charge in [-0.25, -0.2) is 9.38 Å². The van der Waals surface area contributed by atoms with E-state index in [0.29, 0.717) is 34.4 Å². The number of benzene rings is 2. The first-order valence-corrected chi connectivity index (χ1v) is 15.3. The van der Waals surface area contributed by atoms with Crippen LogP contribution < -0.4 is 26.0 Å². The fourth-order valence-electron chi connectivity index (χ4n) is 6.39. The molecular weight excluding hydrogens is 581 g/mol. The topological polar surface area (TPSA) is 94.3 Å². The molecule has 0 aliphatic carbocycles. The number of likely N-dealkylation sites (N-methyl/N-ethyl adjacent to an activating group) is 1. The molecule has 2 saturated heterocycles. The maximum absolute atomic E-state index is 14.4. The molecule has 1 aromatic heterocycles. The van der Waals surface area contributed by atoms with Crippen LogP contribution in [0.5, 0.6) is 5.75 Å². The highest BCUT2D eigenvalue weighted by molar-refractivity contribution is 5.69. The molecule has 9 nitrogen and oxygen atoms in total. The van der Waals surface area contributed by atoms with Crippen molar-refractivity contribution < 1.29 is 17.9 Å². The third kappa shape index (κ3) is 6.92. The van der Waals surface area contributed by atoms with Gasteiger partial charge in [0.15, 0.2) is 5.66 Å². The van der Waals surface area contributed by atoms with Crippen LogP contribution >= 0.6 is 0 Å². The monoisotopic (exact) mass is 620 g/mol. The quantitative estimate of drug-likeness (QED) is 0.334. The Morgan fingerprint density at radius 3 is 2.53 bits per heavy atom. The Morgan fingerprint density at radius 1 is 1.04 bits per heavy atom. The molecule has 6 rings (SSSR count). The molecule has 2 fully saturated rings. The molecule has 0 saturated carbocycles. The number of ether oxygens (including phenoxy) is 1. The van der Waals surface area contributed by atoms with Crippen LogP contribution in [0.2, 0.25) is 0 Å². The minimum absolute atomic E-state index is 0.0188. The van der Waals surface area contributed by atoms with Crippen molar-refractivity contribution in [3.8, 4) is 17.0 Å². The molecular formula is C33H39F3N8O. The Bertz CT molecular complexity index is 1570. The maximum atomic E-state index is 14.4. The van der Waals surface area contributed by atoms with Gasteiger partial charge in [0.1, 0.15) is 17.4 Å². The third-order valence-electron chi connectivity index (χ3n) is 8.86. The van der Waals surface area contributed by atoms with Gasteiger partial charge in [-0.05, 0) is 62.7 Å². The van der Waals surface area contributed by atoms with E-state index >= 15 is 0 Å². The van der Waals surface area contributed by atoms with Crippen molar-refractivity contribution in [3.63, 3.8) is 0 Å². The summed E-state index contributed by atoms with van der Waals surface area (Å²) < 4.78 is 46.9. The molecule has 0 amide bonds. The summed E-state index contributed by atoms with van der Waals surface area (Å²) in [5, 5.41) is 6.23. The molecule has 238 valence electrons. The number of halogens is 3. The molecule has 3 aliphatic heterocycles. The normalized spacial score (nSPS) is 21.5. The van der Waals surface area contributed by atoms with E-state index in [2.05, 4.69) is 42.4 Å². The van der Waals surface area contributed by atoms with Gasteiger partial charge >= 0.3 is 6.61 Å². The van der Waals surface area contributed by atoms with E-state index < -0.39 is 12.3 Å². The summed E-state index contributed by atoms with van der Waals surface area (Å²) in [6.45, 7) is 4.89. The van der Waals surface area contributed by atoms with E-state index in [9.17, 15) is 13.2 Å². The van der Waals surface area contributed by atoms with Gasteiger partial charge in [-0.1, -0.05) is 12.1 Å². The molecule has 4 heterocycles. The molecule has 0 radical (unpaired) electrons. The molecule has 0 spiro atoms. The minimum Gasteiger partial charge on any atom is -0.434 e. The molecule has 1 unspecified atom stereocenters. The summed E-state index contributed by atoms with van der Waals surface area (Å²) in [5.41, 5.74) is 8.79. The van der Waals surface area contributed by atoms with E-state index in [4.69, 9.17) is 10.5 Å². The van der Waals surface area contributed by atoms with E-state index in [0.717, 1.165) is 63.4 Å². The van der Waals surface area contributed by atoms with Gasteiger partial charge in [-0.3, -0.25) is 15.6 Å². The zero-order chi connectivity index (χ0) is 31.6. The number of anilines is 2. The maximum Gasteiger partial charge on any atom is 0.387 e. The van der Waals surface area contributed by atoms with Crippen LogP contribution in [-0.4, -0.2) is 80.1 Å². The standard InChI is InChI=1S/C33H39F3N8O/c1-22-17-26(30(45-32(35)36)19-29(22)44-11-8-24(9-12-44)43-15-13-42(2)14-16-43)33(37)20-31(39-21-40-33)41-23-7-10-38-28(18-23)25-5-3-4-6-27(25)34/h3-7,10,17-21,24,32H,8-9,11-16,37H2,1-2H3,(H,38,41)(H,39,40). The molecule has 45 heavy (non-hydrogen) atoms. The summed E-state index contributed by atoms with van der Waals surface area (Å²) in [6.07, 6.45) is 6.63. The van der Waals surface area contributed by atoms with E-state index in [1.807, 2.05) is 6.92 Å². The lowest BCUT2D eigenvalue weighted by Crippen LogP contribution is -2.52. The third-order valence-corrected chi connectivity index (χ3v) is 8.86. The number of rotatable bonds is 8. The Labute approximate surface area is 261 Å². The van der Waals surface area contributed by atoms with Gasteiger partial charge in [-0.15, -0.1) is 0 Å². The van der Waals surface area contributed by atoms with E-state index in [1.165, 1.54) is 12.4 Å². The highest BCUT2D eigenvalue weighted by Crippen LogP contribution is 2.39. The molecule has 1 atom stereocenters. The van der Waals surface area contributed by atoms with Crippen molar-refractivity contribution in [1.29, 1.82) is 0 Å². The fourth-order valence-corrected chi connectivity index (χ4v) is 6.39. The molecule has 12 heteroatoms. The van der Waals surface area contributed by atoms with Gasteiger partial charge in [0.05, 0.1) is 12.0 Å². The summed E-state index contributed by atoms with van der Waals surface area (Å²) in [7, 11) is 2.16. The lowest BCUT2D eigenvalue weighted by atomic mass is 9.94. The highest BCUT2D eigenvalue weighted by atomic mass is 19.3. The summed E-state index contributed by atoms with van der Waals surface area (Å²) in [6, 6.07) is 13.8. The zero-order valence-electron chi connectivity index (χ0n) is 25.5. The number of aliphatic imine (C=N–C) groups is 1. The number of pyridine rings is 1. The Hall–Kier alpha value is -4.13. The predicted octanol–water partition coefficient (Wildman–Crippen LogP) is 4.71. The van der Waals surface area contributed by atoms with Gasteiger partial charge < -0.3 is 25.2 Å². The first kappa shape index (κ1) is 30.9. The number of hydrogen-bond donors (Lipinski definition) is 3. The van der Waals surface area contributed by atoms with Crippen molar-refractivity contribution in [2.45, 2.75) is 38.1 Å². The van der Waals surface area contributed by atoms with Crippen molar-refractivity contribution in [2.75, 3.05) is 56.5 Å². The highest BCUT2D eigenvalue weighted by Gasteiger charge is 2.34. The number of alkyl halides is 2. The SMILES string of the molecule is Cc1cc(C2(N)C=C(Nc3ccnc(-c4ccccc4F)c3)NC=N2)c(OC(F)F)cc1N1CCC(N2CCN(C)CC2)CC1. The summed E-state index contributed by atoms with van der Waals surface area (Å²) >= 11 is 0. The zero-order valence-corrected chi connectivity index (χ0v) is 25.5. The Morgan fingerprint density at radius 2 is 1.80 bits per heavy atom. The number of nitrogens with two attached hydrogens (primary N) is 1. The second-order valence-corrected chi connectivity index (χ2v) is 11.9. The van der Waals surface area contributed by atoms with Crippen molar-refractivity contribution in [2.24, 2.45) is 10.7 Å². The number of nitrogens with one attached hydrogen (secondary N) is 2. The van der Waals surface area contributed by atoms with Gasteiger partial charge in [0, 0.05) is 86.2 Å². The molecule has 0 bridgehead atoms. The number of aryl methyl sites for hydroxylation is 1. The number of hydrogen-bond acceptors (Lipinski definition) is 9. The Kier molecular flexibility index (Phi) is 8.97. The molecule has 3 aromatic rings.